The Morgan fingerprint density at radius 1 is 1.36 bits per heavy atom. The Balaban J connectivity index is 1.83. The van der Waals surface area contributed by atoms with Crippen LogP contribution in [0.4, 0.5) is 5.13 Å². The van der Waals surface area contributed by atoms with E-state index >= 15 is 0 Å². The molecule has 0 fully saturated rings. The van der Waals surface area contributed by atoms with Gasteiger partial charge in [-0.25, -0.2) is 0 Å². The fourth-order valence-electron chi connectivity index (χ4n) is 1.80. The number of anilines is 1. The zero-order chi connectivity index (χ0) is 15.9. The molecule has 5 nitrogen and oxygen atoms in total. The molecule has 0 aliphatic rings. The van der Waals surface area contributed by atoms with Gasteiger partial charge in [-0.2, -0.15) is 11.8 Å². The van der Waals surface area contributed by atoms with Gasteiger partial charge in [-0.05, 0) is 37.3 Å². The number of hydrogen-bond acceptors (Lipinski definition) is 6. The predicted molar refractivity (Wildman–Crippen MR) is 92.0 cm³/mol. The number of carbonyl (C=O) groups excluding carboxylic acids is 1. The lowest BCUT2D eigenvalue weighted by Gasteiger charge is -2.08. The van der Waals surface area contributed by atoms with Gasteiger partial charge in [-0.3, -0.25) is 10.1 Å². The van der Waals surface area contributed by atoms with Crippen LogP contribution in [0.5, 0.6) is 5.75 Å². The fraction of sp³-hybridized carbons (Fsp3) is 0.400. The molecule has 22 heavy (non-hydrogen) atoms. The first-order valence-corrected chi connectivity index (χ1v) is 9.10. The van der Waals surface area contributed by atoms with Gasteiger partial charge in [-0.1, -0.05) is 23.5 Å². The molecule has 0 saturated heterocycles. The second-order valence-electron chi connectivity index (χ2n) is 4.85. The molecule has 1 aromatic heterocycles. The van der Waals surface area contributed by atoms with E-state index in [0.29, 0.717) is 23.9 Å². The van der Waals surface area contributed by atoms with Crippen molar-refractivity contribution < 1.29 is 9.53 Å². The quantitative estimate of drug-likeness (QED) is 0.841. The highest BCUT2D eigenvalue weighted by molar-refractivity contribution is 7.99. The van der Waals surface area contributed by atoms with Gasteiger partial charge in [0.15, 0.2) is 0 Å². The molecule has 7 heteroatoms. The summed E-state index contributed by atoms with van der Waals surface area (Å²) in [5, 5.41) is 12.2. The number of rotatable bonds is 7. The van der Waals surface area contributed by atoms with Gasteiger partial charge in [-0.15, -0.1) is 10.2 Å². The van der Waals surface area contributed by atoms with Crippen LogP contribution < -0.4 is 10.1 Å². The molecule has 1 amide bonds. The Morgan fingerprint density at radius 3 is 2.95 bits per heavy atom. The van der Waals surface area contributed by atoms with Crippen LogP contribution in [0.3, 0.4) is 0 Å². The van der Waals surface area contributed by atoms with Crippen molar-refractivity contribution >= 4 is 34.1 Å². The molecule has 2 aromatic rings. The van der Waals surface area contributed by atoms with Gasteiger partial charge >= 0.3 is 0 Å². The summed E-state index contributed by atoms with van der Waals surface area (Å²) in [6.45, 7) is 4.61. The van der Waals surface area contributed by atoms with Crippen LogP contribution in [0.25, 0.3) is 0 Å². The highest BCUT2D eigenvalue weighted by atomic mass is 32.2. The van der Waals surface area contributed by atoms with E-state index in [2.05, 4.69) is 27.6 Å². The third kappa shape index (κ3) is 4.99. The third-order valence-corrected chi connectivity index (χ3v) is 4.36. The number of amides is 1. The molecule has 0 spiro atoms. The summed E-state index contributed by atoms with van der Waals surface area (Å²) in [6, 6.07) is 6.15. The van der Waals surface area contributed by atoms with Crippen molar-refractivity contribution in [3.63, 3.8) is 0 Å². The van der Waals surface area contributed by atoms with Crippen LogP contribution in [-0.4, -0.2) is 34.7 Å². The van der Waals surface area contributed by atoms with E-state index in [0.717, 1.165) is 16.3 Å². The predicted octanol–water partition coefficient (Wildman–Crippen LogP) is 3.08. The first-order chi connectivity index (χ1) is 10.6. The molecule has 0 unspecified atom stereocenters. The number of thioether (sulfide) groups is 1. The van der Waals surface area contributed by atoms with Crippen molar-refractivity contribution in [1.82, 2.24) is 10.2 Å². The molecule has 0 saturated carbocycles. The van der Waals surface area contributed by atoms with Crippen molar-refractivity contribution in [3.8, 4) is 5.75 Å². The van der Waals surface area contributed by atoms with Crippen LogP contribution in [0.2, 0.25) is 0 Å². The summed E-state index contributed by atoms with van der Waals surface area (Å²) in [5.41, 5.74) is 2.29. The highest BCUT2D eigenvalue weighted by Crippen LogP contribution is 2.20. The largest absolute Gasteiger partial charge is 0.493 e. The SMILES string of the molecule is CSCC(=O)Nc1nnc(CCOc2cc(C)ccc2C)s1. The molecular formula is C15H19N3O2S2. The van der Waals surface area contributed by atoms with E-state index in [4.69, 9.17) is 4.74 Å². The zero-order valence-electron chi connectivity index (χ0n) is 12.9. The van der Waals surface area contributed by atoms with Crippen LogP contribution in [0.1, 0.15) is 16.1 Å². The molecule has 118 valence electrons. The standard InChI is InChI=1S/C15H19N3O2S2/c1-10-4-5-11(2)12(8-10)20-7-6-14-17-18-15(22-14)16-13(19)9-21-3/h4-5,8H,6-7,9H2,1-3H3,(H,16,18,19). The maximum absolute atomic E-state index is 11.5. The number of hydrogen-bond donors (Lipinski definition) is 1. The van der Waals surface area contributed by atoms with Gasteiger partial charge in [0.25, 0.3) is 0 Å². The topological polar surface area (TPSA) is 64.1 Å². The number of carbonyl (C=O) groups is 1. The lowest BCUT2D eigenvalue weighted by atomic mass is 10.1. The normalized spacial score (nSPS) is 10.5. The Bertz CT molecular complexity index is 643. The van der Waals surface area contributed by atoms with E-state index in [9.17, 15) is 4.79 Å². The maximum atomic E-state index is 11.5. The Labute approximate surface area is 138 Å². The minimum absolute atomic E-state index is 0.0539. The fourth-order valence-corrected chi connectivity index (χ4v) is 2.87. The van der Waals surface area contributed by atoms with Crippen molar-refractivity contribution in [2.45, 2.75) is 20.3 Å². The van der Waals surface area contributed by atoms with Gasteiger partial charge in [0.05, 0.1) is 12.4 Å². The van der Waals surface area contributed by atoms with E-state index in [1.54, 1.807) is 0 Å². The Kier molecular flexibility index (Phi) is 6.21. The van der Waals surface area contributed by atoms with Gasteiger partial charge < -0.3 is 4.74 Å². The monoisotopic (exact) mass is 337 g/mol. The average Bonchev–Trinajstić information content (AvgIpc) is 2.90. The molecule has 0 radical (unpaired) electrons. The van der Waals surface area contributed by atoms with E-state index in [1.165, 1.54) is 28.7 Å². The summed E-state index contributed by atoms with van der Waals surface area (Å²) in [7, 11) is 0. The number of aryl methyl sites for hydroxylation is 2. The average molecular weight is 337 g/mol. The van der Waals surface area contributed by atoms with Crippen molar-refractivity contribution in [1.29, 1.82) is 0 Å². The molecule has 1 N–H and O–H groups in total. The van der Waals surface area contributed by atoms with E-state index in [1.807, 2.05) is 26.2 Å². The van der Waals surface area contributed by atoms with Crippen LogP contribution in [-0.2, 0) is 11.2 Å². The van der Waals surface area contributed by atoms with Gasteiger partial charge in [0.1, 0.15) is 10.8 Å². The first kappa shape index (κ1) is 16.8. The minimum Gasteiger partial charge on any atom is -0.493 e. The van der Waals surface area contributed by atoms with Gasteiger partial charge in [0.2, 0.25) is 11.0 Å². The minimum atomic E-state index is -0.0539. The third-order valence-electron chi connectivity index (χ3n) is 2.91. The lowest BCUT2D eigenvalue weighted by molar-refractivity contribution is -0.113. The second kappa shape index (κ2) is 8.14. The summed E-state index contributed by atoms with van der Waals surface area (Å²) in [6.07, 6.45) is 2.55. The lowest BCUT2D eigenvalue weighted by Crippen LogP contribution is -2.13. The molecule has 0 aliphatic heterocycles. The maximum Gasteiger partial charge on any atom is 0.236 e. The zero-order valence-corrected chi connectivity index (χ0v) is 14.5. The highest BCUT2D eigenvalue weighted by Gasteiger charge is 2.08. The summed E-state index contributed by atoms with van der Waals surface area (Å²) < 4.78 is 5.80. The first-order valence-electron chi connectivity index (χ1n) is 6.89. The van der Waals surface area contributed by atoms with Crippen LogP contribution >= 0.6 is 23.1 Å². The van der Waals surface area contributed by atoms with Crippen molar-refractivity contribution in [2.75, 3.05) is 23.9 Å². The molecule has 1 heterocycles. The molecule has 0 bridgehead atoms. The van der Waals surface area contributed by atoms with Crippen LogP contribution in [0, 0.1) is 13.8 Å². The Hall–Kier alpha value is -1.60. The summed E-state index contributed by atoms with van der Waals surface area (Å²) >= 11 is 2.86. The summed E-state index contributed by atoms with van der Waals surface area (Å²) in [5.74, 6) is 1.27. The van der Waals surface area contributed by atoms with Crippen molar-refractivity contribution in [3.05, 3.63) is 34.3 Å². The van der Waals surface area contributed by atoms with E-state index < -0.39 is 0 Å². The molecule has 2 rings (SSSR count). The number of ether oxygens (including phenoxy) is 1. The molecule has 0 atom stereocenters. The second-order valence-corrected chi connectivity index (χ2v) is 6.78. The molecule has 0 aliphatic carbocycles. The summed E-state index contributed by atoms with van der Waals surface area (Å²) in [4.78, 5) is 11.5. The molecular weight excluding hydrogens is 318 g/mol. The number of nitrogens with zero attached hydrogens (tertiary/aromatic N) is 2. The van der Waals surface area contributed by atoms with Crippen molar-refractivity contribution in [2.24, 2.45) is 0 Å². The van der Waals surface area contributed by atoms with Gasteiger partial charge in [0, 0.05) is 6.42 Å². The van der Waals surface area contributed by atoms with E-state index in [-0.39, 0.29) is 5.91 Å². The number of benzene rings is 1. The number of aromatic nitrogens is 2. The number of nitrogens with one attached hydrogen (secondary N) is 1. The molecule has 1 aromatic carbocycles. The Morgan fingerprint density at radius 2 is 2.18 bits per heavy atom. The smallest absolute Gasteiger partial charge is 0.236 e. The van der Waals surface area contributed by atoms with Crippen LogP contribution in [0.15, 0.2) is 18.2 Å².